The number of aliphatic hydroxyl groups excluding tert-OH is 1. The number of carbonyl (C=O) groups excluding carboxylic acids is 3. The van der Waals surface area contributed by atoms with Crippen LogP contribution in [0.1, 0.15) is 12.8 Å². The third kappa shape index (κ3) is 5.06. The average Bonchev–Trinajstić information content (AvgIpc) is 3.23. The highest BCUT2D eigenvalue weighted by atomic mass is 19.1. The van der Waals surface area contributed by atoms with Crippen LogP contribution in [0.5, 0.6) is 0 Å². The first-order valence-electron chi connectivity index (χ1n) is 10.9. The molecule has 0 radical (unpaired) electrons. The number of nitrogens with zero attached hydrogens (tertiary/aromatic N) is 5. The van der Waals surface area contributed by atoms with Crippen molar-refractivity contribution < 1.29 is 28.6 Å². The Morgan fingerprint density at radius 3 is 2.50 bits per heavy atom. The maximum atomic E-state index is 14.9. The first-order valence-corrected chi connectivity index (χ1v) is 10.9. The molecule has 0 saturated carbocycles. The number of hydrogen-bond donors (Lipinski definition) is 2. The van der Waals surface area contributed by atoms with Crippen molar-refractivity contribution in [3.05, 3.63) is 36.4 Å². The zero-order chi connectivity index (χ0) is 24.2. The van der Waals surface area contributed by atoms with Gasteiger partial charge in [0.15, 0.2) is 0 Å². The van der Waals surface area contributed by atoms with E-state index < -0.39 is 30.5 Å². The van der Waals surface area contributed by atoms with Crippen LogP contribution in [-0.4, -0.2) is 83.3 Å². The van der Waals surface area contributed by atoms with Crippen molar-refractivity contribution in [1.82, 2.24) is 14.9 Å². The quantitative estimate of drug-likeness (QED) is 0.594. The molecule has 2 aromatic rings. The van der Waals surface area contributed by atoms with Crippen LogP contribution in [0.25, 0.3) is 11.1 Å². The zero-order valence-corrected chi connectivity index (χ0v) is 18.4. The zero-order valence-electron chi connectivity index (χ0n) is 18.4. The van der Waals surface area contributed by atoms with Gasteiger partial charge >= 0.3 is 6.09 Å². The molecule has 0 spiro atoms. The van der Waals surface area contributed by atoms with E-state index in [1.54, 1.807) is 17.0 Å². The average molecular weight is 472 g/mol. The number of nitrogens with two attached hydrogens (primary N) is 1. The number of hydrogen-bond acceptors (Lipinski definition) is 8. The van der Waals surface area contributed by atoms with Gasteiger partial charge in [-0.25, -0.2) is 19.2 Å². The number of anilines is 2. The van der Waals surface area contributed by atoms with Crippen molar-refractivity contribution >= 4 is 29.5 Å². The van der Waals surface area contributed by atoms with Crippen LogP contribution >= 0.6 is 0 Å². The third-order valence-corrected chi connectivity index (χ3v) is 5.85. The molecule has 4 rings (SSSR count). The summed E-state index contributed by atoms with van der Waals surface area (Å²) in [5.41, 5.74) is 6.25. The highest BCUT2D eigenvalue weighted by Gasteiger charge is 2.32. The summed E-state index contributed by atoms with van der Waals surface area (Å²) in [6.45, 7) is 1.68. The van der Waals surface area contributed by atoms with E-state index in [0.29, 0.717) is 49.8 Å². The van der Waals surface area contributed by atoms with Gasteiger partial charge in [-0.2, -0.15) is 0 Å². The normalized spacial score (nSPS) is 18.2. The Morgan fingerprint density at radius 1 is 1.18 bits per heavy atom. The predicted molar refractivity (Wildman–Crippen MR) is 119 cm³/mol. The number of aliphatic hydroxyl groups is 1. The molecule has 3 N–H and O–H groups in total. The SMILES string of the molecule is NC(=O)CCC1CN(c2ccc(-c3cnc(N4CCN(C(=O)CO)CC4)nc3)c(F)c2)C(=O)O1. The molecule has 1 aromatic heterocycles. The van der Waals surface area contributed by atoms with E-state index in [1.165, 1.54) is 23.4 Å². The molecule has 1 atom stereocenters. The molecule has 1 unspecified atom stereocenters. The molecule has 0 bridgehead atoms. The van der Waals surface area contributed by atoms with Gasteiger partial charge in [0, 0.05) is 56.1 Å². The second-order valence-electron chi connectivity index (χ2n) is 8.08. The van der Waals surface area contributed by atoms with E-state index in [9.17, 15) is 18.8 Å². The monoisotopic (exact) mass is 472 g/mol. The van der Waals surface area contributed by atoms with Crippen LogP contribution in [0.3, 0.4) is 0 Å². The van der Waals surface area contributed by atoms with Gasteiger partial charge in [-0.05, 0) is 24.6 Å². The number of benzene rings is 1. The fourth-order valence-corrected chi connectivity index (χ4v) is 3.97. The topological polar surface area (TPSA) is 142 Å². The van der Waals surface area contributed by atoms with Gasteiger partial charge in [0.1, 0.15) is 18.5 Å². The summed E-state index contributed by atoms with van der Waals surface area (Å²) in [5.74, 6) is -0.854. The maximum absolute atomic E-state index is 14.9. The Morgan fingerprint density at radius 2 is 1.88 bits per heavy atom. The lowest BCUT2D eigenvalue weighted by Gasteiger charge is -2.34. The van der Waals surface area contributed by atoms with E-state index >= 15 is 0 Å². The minimum atomic E-state index is -0.602. The summed E-state index contributed by atoms with van der Waals surface area (Å²) in [6.07, 6.45) is 2.38. The van der Waals surface area contributed by atoms with Gasteiger partial charge in [0.25, 0.3) is 0 Å². The number of ether oxygens (including phenoxy) is 1. The first kappa shape index (κ1) is 23.4. The van der Waals surface area contributed by atoms with Gasteiger partial charge in [0.05, 0.1) is 12.2 Å². The van der Waals surface area contributed by atoms with Gasteiger partial charge in [0.2, 0.25) is 17.8 Å². The fourth-order valence-electron chi connectivity index (χ4n) is 3.97. The lowest BCUT2D eigenvalue weighted by Crippen LogP contribution is -2.50. The number of halogens is 1. The molecule has 2 aliphatic heterocycles. The Labute approximate surface area is 194 Å². The van der Waals surface area contributed by atoms with E-state index in [1.807, 2.05) is 4.90 Å². The third-order valence-electron chi connectivity index (χ3n) is 5.85. The molecule has 0 aliphatic carbocycles. The molecule has 12 heteroatoms. The number of aromatic nitrogens is 2. The lowest BCUT2D eigenvalue weighted by molar-refractivity contribution is -0.134. The van der Waals surface area contributed by atoms with Crippen molar-refractivity contribution in [3.63, 3.8) is 0 Å². The minimum absolute atomic E-state index is 0.103. The van der Waals surface area contributed by atoms with Crippen molar-refractivity contribution in [2.24, 2.45) is 5.73 Å². The van der Waals surface area contributed by atoms with Crippen molar-refractivity contribution in [2.45, 2.75) is 18.9 Å². The Bertz CT molecular complexity index is 1070. The van der Waals surface area contributed by atoms with E-state index in [0.717, 1.165) is 0 Å². The molecule has 11 nitrogen and oxygen atoms in total. The smallest absolute Gasteiger partial charge is 0.414 e. The number of piperazine rings is 1. The molecule has 1 aromatic carbocycles. The van der Waals surface area contributed by atoms with E-state index in [2.05, 4.69) is 9.97 Å². The van der Waals surface area contributed by atoms with Crippen LogP contribution in [-0.2, 0) is 14.3 Å². The van der Waals surface area contributed by atoms with Crippen molar-refractivity contribution in [1.29, 1.82) is 0 Å². The molecule has 3 heterocycles. The Balaban J connectivity index is 1.41. The highest BCUT2D eigenvalue weighted by Crippen LogP contribution is 2.29. The summed E-state index contributed by atoms with van der Waals surface area (Å²) in [4.78, 5) is 48.2. The molecule has 34 heavy (non-hydrogen) atoms. The first-order chi connectivity index (χ1) is 16.4. The Kier molecular flexibility index (Phi) is 6.87. The number of carbonyl (C=O) groups is 3. The van der Waals surface area contributed by atoms with Gasteiger partial charge in [-0.1, -0.05) is 0 Å². The summed E-state index contributed by atoms with van der Waals surface area (Å²) >= 11 is 0. The highest BCUT2D eigenvalue weighted by molar-refractivity contribution is 5.90. The summed E-state index contributed by atoms with van der Waals surface area (Å²) in [7, 11) is 0. The van der Waals surface area contributed by atoms with Crippen molar-refractivity contribution in [2.75, 3.05) is 49.1 Å². The molecular weight excluding hydrogens is 447 g/mol. The van der Waals surface area contributed by atoms with Crippen LogP contribution in [0, 0.1) is 5.82 Å². The van der Waals surface area contributed by atoms with E-state index in [-0.39, 0.29) is 24.4 Å². The second-order valence-corrected chi connectivity index (χ2v) is 8.08. The van der Waals surface area contributed by atoms with Crippen molar-refractivity contribution in [3.8, 4) is 11.1 Å². The van der Waals surface area contributed by atoms with E-state index in [4.69, 9.17) is 15.6 Å². The van der Waals surface area contributed by atoms with Gasteiger partial charge < -0.3 is 25.4 Å². The number of amides is 3. The maximum Gasteiger partial charge on any atom is 0.414 e. The Hall–Kier alpha value is -3.80. The molecule has 3 amide bonds. The summed E-state index contributed by atoms with van der Waals surface area (Å²) in [6, 6.07) is 4.41. The van der Waals surface area contributed by atoms with Gasteiger partial charge in [-0.3, -0.25) is 14.5 Å². The van der Waals surface area contributed by atoms with Crippen LogP contribution in [0.4, 0.5) is 20.8 Å². The summed E-state index contributed by atoms with van der Waals surface area (Å²) < 4.78 is 20.1. The lowest BCUT2D eigenvalue weighted by atomic mass is 10.1. The van der Waals surface area contributed by atoms with Crippen LogP contribution in [0.2, 0.25) is 0 Å². The van der Waals surface area contributed by atoms with Crippen LogP contribution in [0.15, 0.2) is 30.6 Å². The standard InChI is InChI=1S/C22H25FN6O5/c23-18-9-15(29-12-16(34-22(29)33)2-4-19(24)31)1-3-17(18)14-10-25-21(26-11-14)28-7-5-27(6-8-28)20(32)13-30/h1,3,9-11,16,30H,2,4-8,12-13H2,(H2,24,31). The number of cyclic esters (lactones) is 1. The molecular formula is C22H25FN6O5. The molecule has 180 valence electrons. The summed E-state index contributed by atoms with van der Waals surface area (Å²) in [5, 5.41) is 8.97. The molecule has 2 saturated heterocycles. The molecule has 2 fully saturated rings. The van der Waals surface area contributed by atoms with Crippen LogP contribution < -0.4 is 15.5 Å². The number of primary amides is 1. The molecule has 2 aliphatic rings. The fraction of sp³-hybridized carbons (Fsp3) is 0.409. The largest absolute Gasteiger partial charge is 0.444 e. The number of rotatable bonds is 7. The second kappa shape index (κ2) is 10.00. The van der Waals surface area contributed by atoms with Gasteiger partial charge in [-0.15, -0.1) is 0 Å². The predicted octanol–water partition coefficient (Wildman–Crippen LogP) is 0.514. The minimum Gasteiger partial charge on any atom is -0.444 e.